The Morgan fingerprint density at radius 1 is 1.60 bits per heavy atom. The fourth-order valence-corrected chi connectivity index (χ4v) is 2.76. The second-order valence-electron chi connectivity index (χ2n) is 5.51. The molecule has 1 saturated heterocycles. The van der Waals surface area contributed by atoms with Gasteiger partial charge in [-0.15, -0.1) is 0 Å². The topological polar surface area (TPSA) is 75.8 Å². The van der Waals surface area contributed by atoms with E-state index in [0.717, 1.165) is 18.5 Å². The summed E-state index contributed by atoms with van der Waals surface area (Å²) in [7, 11) is 1.48. The van der Waals surface area contributed by atoms with Gasteiger partial charge < -0.3 is 15.6 Å². The van der Waals surface area contributed by atoms with Crippen LogP contribution in [0, 0.1) is 5.41 Å². The fraction of sp³-hybridized carbons (Fsp3) is 0.500. The van der Waals surface area contributed by atoms with Crippen LogP contribution in [-0.4, -0.2) is 36.1 Å². The van der Waals surface area contributed by atoms with Gasteiger partial charge in [0.05, 0.1) is 17.5 Å². The number of methoxy groups -OCH3 is 1. The summed E-state index contributed by atoms with van der Waals surface area (Å²) in [5, 5.41) is 9.97. The number of benzene rings is 1. The largest absolute Gasteiger partial charge is 0.503 e. The molecule has 1 aromatic rings. The standard InChI is InChI=1S/C14H19ClN2O3/c1-14(13(16)19)3-4-17(8-14)7-9-5-10(15)12(18)11(6-9)20-2/h5-6,18H,3-4,7-8H2,1-2H3,(H2,16,19). The number of nitrogens with zero attached hydrogens (tertiary/aromatic N) is 1. The van der Waals surface area contributed by atoms with Gasteiger partial charge in [-0.25, -0.2) is 0 Å². The molecule has 1 unspecified atom stereocenters. The molecule has 0 radical (unpaired) electrons. The van der Waals surface area contributed by atoms with Gasteiger partial charge in [0.25, 0.3) is 0 Å². The van der Waals surface area contributed by atoms with E-state index in [9.17, 15) is 9.90 Å². The van der Waals surface area contributed by atoms with Crippen LogP contribution >= 0.6 is 11.6 Å². The molecular weight excluding hydrogens is 280 g/mol. The van der Waals surface area contributed by atoms with Crippen LogP contribution in [0.4, 0.5) is 0 Å². The molecule has 5 nitrogen and oxygen atoms in total. The first kappa shape index (κ1) is 14.9. The molecule has 3 N–H and O–H groups in total. The van der Waals surface area contributed by atoms with Gasteiger partial charge in [0.1, 0.15) is 0 Å². The monoisotopic (exact) mass is 298 g/mol. The minimum Gasteiger partial charge on any atom is -0.503 e. The lowest BCUT2D eigenvalue weighted by atomic mass is 9.89. The summed E-state index contributed by atoms with van der Waals surface area (Å²) in [6.07, 6.45) is 0.755. The van der Waals surface area contributed by atoms with Crippen LogP contribution in [-0.2, 0) is 11.3 Å². The number of hydrogen-bond acceptors (Lipinski definition) is 4. The van der Waals surface area contributed by atoms with Gasteiger partial charge in [-0.2, -0.15) is 0 Å². The van der Waals surface area contributed by atoms with Crippen LogP contribution in [0.1, 0.15) is 18.9 Å². The van der Waals surface area contributed by atoms with E-state index in [0.29, 0.717) is 18.8 Å². The number of likely N-dealkylation sites (tertiary alicyclic amines) is 1. The Morgan fingerprint density at radius 3 is 2.85 bits per heavy atom. The van der Waals surface area contributed by atoms with Crippen LogP contribution < -0.4 is 10.5 Å². The predicted octanol–water partition coefficient (Wildman–Crippen LogP) is 1.75. The van der Waals surface area contributed by atoms with E-state index in [1.54, 1.807) is 12.1 Å². The summed E-state index contributed by atoms with van der Waals surface area (Å²) in [5.74, 6) is 0.0343. The fourth-order valence-electron chi connectivity index (χ4n) is 2.52. The first-order valence-electron chi connectivity index (χ1n) is 6.43. The molecule has 2 rings (SSSR count). The lowest BCUT2D eigenvalue weighted by molar-refractivity contribution is -0.126. The van der Waals surface area contributed by atoms with Gasteiger partial charge in [0.2, 0.25) is 5.91 Å². The summed E-state index contributed by atoms with van der Waals surface area (Å²) in [6, 6.07) is 3.46. The molecule has 0 spiro atoms. The molecule has 1 aliphatic rings. The average Bonchev–Trinajstić information content (AvgIpc) is 2.76. The van der Waals surface area contributed by atoms with Crippen molar-refractivity contribution < 1.29 is 14.6 Å². The maximum Gasteiger partial charge on any atom is 0.224 e. The zero-order chi connectivity index (χ0) is 14.9. The number of carbonyl (C=O) groups is 1. The Kier molecular flexibility index (Phi) is 4.11. The van der Waals surface area contributed by atoms with E-state index < -0.39 is 5.41 Å². The number of amides is 1. The molecule has 1 fully saturated rings. The smallest absolute Gasteiger partial charge is 0.224 e. The van der Waals surface area contributed by atoms with Crippen LogP contribution in [0.3, 0.4) is 0 Å². The van der Waals surface area contributed by atoms with E-state index >= 15 is 0 Å². The second kappa shape index (κ2) is 5.50. The van der Waals surface area contributed by atoms with E-state index in [-0.39, 0.29) is 16.7 Å². The number of phenolic OH excluding ortho intramolecular Hbond substituents is 1. The molecule has 1 heterocycles. The highest BCUT2D eigenvalue weighted by Crippen LogP contribution is 2.36. The third-order valence-corrected chi connectivity index (χ3v) is 4.15. The van der Waals surface area contributed by atoms with Gasteiger partial charge in [-0.05, 0) is 37.6 Å². The van der Waals surface area contributed by atoms with Crippen molar-refractivity contribution in [1.29, 1.82) is 0 Å². The highest BCUT2D eigenvalue weighted by Gasteiger charge is 2.38. The number of primary amides is 1. The number of rotatable bonds is 4. The Balaban J connectivity index is 2.12. The van der Waals surface area contributed by atoms with Gasteiger partial charge in [-0.1, -0.05) is 11.6 Å². The number of nitrogens with two attached hydrogens (primary N) is 1. The van der Waals surface area contributed by atoms with Gasteiger partial charge in [-0.3, -0.25) is 9.69 Å². The van der Waals surface area contributed by atoms with Crippen LogP contribution in [0.25, 0.3) is 0 Å². The number of halogens is 1. The molecule has 0 bridgehead atoms. The van der Waals surface area contributed by atoms with Gasteiger partial charge >= 0.3 is 0 Å². The lowest BCUT2D eigenvalue weighted by Crippen LogP contribution is -2.36. The highest BCUT2D eigenvalue weighted by molar-refractivity contribution is 6.32. The molecule has 20 heavy (non-hydrogen) atoms. The summed E-state index contributed by atoms with van der Waals surface area (Å²) < 4.78 is 5.08. The third kappa shape index (κ3) is 2.83. The first-order chi connectivity index (χ1) is 9.35. The summed E-state index contributed by atoms with van der Waals surface area (Å²) in [5.41, 5.74) is 5.90. The van der Waals surface area contributed by atoms with Gasteiger partial charge in [0.15, 0.2) is 11.5 Å². The molecule has 0 aliphatic carbocycles. The molecule has 0 aromatic heterocycles. The predicted molar refractivity (Wildman–Crippen MR) is 76.9 cm³/mol. The van der Waals surface area contributed by atoms with Crippen molar-refractivity contribution in [3.05, 3.63) is 22.7 Å². The van der Waals surface area contributed by atoms with Crippen molar-refractivity contribution in [2.75, 3.05) is 20.2 Å². The highest BCUT2D eigenvalue weighted by atomic mass is 35.5. The number of ether oxygens (including phenoxy) is 1. The van der Waals surface area contributed by atoms with Crippen molar-refractivity contribution >= 4 is 17.5 Å². The Labute approximate surface area is 123 Å². The molecule has 6 heteroatoms. The SMILES string of the molecule is COc1cc(CN2CCC(C)(C(N)=O)C2)cc(Cl)c1O. The van der Waals surface area contributed by atoms with E-state index in [1.807, 2.05) is 6.92 Å². The third-order valence-electron chi connectivity index (χ3n) is 3.86. The van der Waals surface area contributed by atoms with E-state index in [1.165, 1.54) is 7.11 Å². The van der Waals surface area contributed by atoms with E-state index in [4.69, 9.17) is 22.1 Å². The first-order valence-corrected chi connectivity index (χ1v) is 6.81. The summed E-state index contributed by atoms with van der Waals surface area (Å²) >= 11 is 5.97. The Bertz CT molecular complexity index is 535. The van der Waals surface area contributed by atoms with Gasteiger partial charge in [0, 0.05) is 13.1 Å². The molecule has 1 aliphatic heterocycles. The number of phenols is 1. The Morgan fingerprint density at radius 2 is 2.30 bits per heavy atom. The van der Waals surface area contributed by atoms with Crippen LogP contribution in [0.15, 0.2) is 12.1 Å². The number of aromatic hydroxyl groups is 1. The molecular formula is C14H19ClN2O3. The molecule has 1 atom stereocenters. The quantitative estimate of drug-likeness (QED) is 0.888. The van der Waals surface area contributed by atoms with Crippen molar-refractivity contribution in [1.82, 2.24) is 4.90 Å². The minimum atomic E-state index is -0.467. The molecule has 0 saturated carbocycles. The van der Waals surface area contributed by atoms with Crippen molar-refractivity contribution in [3.8, 4) is 11.5 Å². The van der Waals surface area contributed by atoms with Crippen molar-refractivity contribution in [3.63, 3.8) is 0 Å². The summed E-state index contributed by atoms with van der Waals surface area (Å²) in [6.45, 7) is 3.96. The summed E-state index contributed by atoms with van der Waals surface area (Å²) in [4.78, 5) is 13.6. The Hall–Kier alpha value is -1.46. The van der Waals surface area contributed by atoms with Crippen molar-refractivity contribution in [2.24, 2.45) is 11.1 Å². The lowest BCUT2D eigenvalue weighted by Gasteiger charge is -2.21. The number of carbonyl (C=O) groups excluding carboxylic acids is 1. The molecule has 110 valence electrons. The average molecular weight is 299 g/mol. The zero-order valence-electron chi connectivity index (χ0n) is 11.6. The van der Waals surface area contributed by atoms with Crippen LogP contribution in [0.2, 0.25) is 5.02 Å². The molecule has 1 amide bonds. The molecule has 1 aromatic carbocycles. The van der Waals surface area contributed by atoms with E-state index in [2.05, 4.69) is 4.90 Å². The van der Waals surface area contributed by atoms with Crippen LogP contribution in [0.5, 0.6) is 11.5 Å². The maximum absolute atomic E-state index is 11.4. The maximum atomic E-state index is 11.4. The number of hydrogen-bond donors (Lipinski definition) is 2. The van der Waals surface area contributed by atoms with Crippen molar-refractivity contribution in [2.45, 2.75) is 19.9 Å². The normalized spacial score (nSPS) is 22.9. The minimum absolute atomic E-state index is 0.0543. The zero-order valence-corrected chi connectivity index (χ0v) is 12.4. The second-order valence-corrected chi connectivity index (χ2v) is 5.92.